The van der Waals surface area contributed by atoms with Crippen molar-refractivity contribution in [2.75, 3.05) is 5.32 Å². The van der Waals surface area contributed by atoms with Gasteiger partial charge in [0.1, 0.15) is 6.26 Å². The smallest absolute Gasteiger partial charge is 0.279 e. The Morgan fingerprint density at radius 1 is 1.25 bits per heavy atom. The molecule has 0 spiro atoms. The van der Waals surface area contributed by atoms with Crippen LogP contribution in [0.3, 0.4) is 0 Å². The zero-order valence-electron chi connectivity index (χ0n) is 13.7. The van der Waals surface area contributed by atoms with E-state index in [1.807, 2.05) is 0 Å². The molecule has 4 fully saturated rings. The Hall–Kier alpha value is -1.69. The lowest BCUT2D eigenvalue weighted by molar-refractivity contribution is -0.00715. The molecule has 1 N–H and O–H groups in total. The Morgan fingerprint density at radius 3 is 2.50 bits per heavy atom. The summed E-state index contributed by atoms with van der Waals surface area (Å²) >= 11 is 1.59. The van der Waals surface area contributed by atoms with E-state index in [2.05, 4.69) is 17.4 Å². The molecular weight excluding hydrogens is 322 g/mol. The minimum Gasteiger partial charge on any atom is -0.364 e. The highest BCUT2D eigenvalue weighted by Gasteiger charge is 2.53. The van der Waals surface area contributed by atoms with Gasteiger partial charge in [0.2, 0.25) is 0 Å². The number of nitrogens with one attached hydrogen (secondary N) is 1. The molecule has 4 aliphatic rings. The molecule has 4 saturated carbocycles. The van der Waals surface area contributed by atoms with E-state index in [-0.39, 0.29) is 11.3 Å². The number of hydrogen-bond acceptors (Lipinski definition) is 5. The lowest BCUT2D eigenvalue weighted by Gasteiger charge is -2.56. The van der Waals surface area contributed by atoms with Gasteiger partial charge >= 0.3 is 0 Å². The van der Waals surface area contributed by atoms with Gasteiger partial charge in [0.15, 0.2) is 10.8 Å². The molecule has 0 aromatic carbocycles. The molecule has 5 nitrogen and oxygen atoms in total. The molecule has 126 valence electrons. The van der Waals surface area contributed by atoms with Crippen LogP contribution in [0, 0.1) is 24.7 Å². The largest absolute Gasteiger partial charge is 0.364 e. The monoisotopic (exact) mass is 343 g/mol. The molecule has 6 rings (SSSR count). The van der Waals surface area contributed by atoms with Gasteiger partial charge in [-0.25, -0.2) is 4.98 Å². The van der Waals surface area contributed by atoms with Crippen molar-refractivity contribution in [2.24, 2.45) is 17.8 Å². The van der Waals surface area contributed by atoms with E-state index in [4.69, 9.17) is 9.51 Å². The molecule has 4 bridgehead atoms. The summed E-state index contributed by atoms with van der Waals surface area (Å²) in [6, 6.07) is 1.57. The maximum atomic E-state index is 12.2. The fraction of sp³-hybridized carbons (Fsp3) is 0.611. The molecule has 0 atom stereocenters. The van der Waals surface area contributed by atoms with Crippen LogP contribution in [-0.2, 0) is 5.41 Å². The van der Waals surface area contributed by atoms with Gasteiger partial charge < -0.3 is 4.52 Å². The minimum absolute atomic E-state index is 0.255. The lowest BCUT2D eigenvalue weighted by atomic mass is 9.48. The first kappa shape index (κ1) is 14.6. The molecule has 2 aromatic rings. The first-order chi connectivity index (χ1) is 11.6. The number of nitrogens with zero attached hydrogens (tertiary/aromatic N) is 2. The number of hydrogen-bond donors (Lipinski definition) is 1. The zero-order chi connectivity index (χ0) is 16.3. The number of rotatable bonds is 3. The second kappa shape index (κ2) is 5.15. The van der Waals surface area contributed by atoms with Crippen LogP contribution in [0.15, 0.2) is 16.9 Å². The Morgan fingerprint density at radius 2 is 1.92 bits per heavy atom. The van der Waals surface area contributed by atoms with Crippen LogP contribution in [-0.4, -0.2) is 16.0 Å². The standard InChI is InChI=1S/C18H21N3O2S/c1-10-15(18-7-11-4-12(8-18)6-13(5-11)9-18)19-17(24-10)20-16(22)14-2-3-23-21-14/h2-3,11-13H,4-9H2,1H3,(H,19,20,22). The van der Waals surface area contributed by atoms with Crippen molar-refractivity contribution in [1.82, 2.24) is 10.1 Å². The molecule has 2 aromatic heterocycles. The van der Waals surface area contributed by atoms with Crippen molar-refractivity contribution in [3.8, 4) is 0 Å². The number of aromatic nitrogens is 2. The van der Waals surface area contributed by atoms with E-state index in [1.54, 1.807) is 17.4 Å². The third-order valence-corrected chi connectivity index (χ3v) is 7.11. The highest BCUT2D eigenvalue weighted by Crippen LogP contribution is 2.61. The van der Waals surface area contributed by atoms with Gasteiger partial charge in [-0.15, -0.1) is 11.3 Å². The Balaban J connectivity index is 1.43. The predicted molar refractivity (Wildman–Crippen MR) is 91.2 cm³/mol. The summed E-state index contributed by atoms with van der Waals surface area (Å²) in [6.45, 7) is 2.15. The van der Waals surface area contributed by atoms with Crippen LogP contribution in [0.1, 0.15) is 59.6 Å². The summed E-state index contributed by atoms with van der Waals surface area (Å²) in [4.78, 5) is 18.3. The summed E-state index contributed by atoms with van der Waals surface area (Å²) < 4.78 is 4.74. The first-order valence-electron chi connectivity index (χ1n) is 8.81. The van der Waals surface area contributed by atoms with Gasteiger partial charge in [0, 0.05) is 16.4 Å². The van der Waals surface area contributed by atoms with Crippen LogP contribution in [0.25, 0.3) is 0 Å². The van der Waals surface area contributed by atoms with Gasteiger partial charge in [0.25, 0.3) is 5.91 Å². The maximum Gasteiger partial charge on any atom is 0.279 e. The molecule has 2 heterocycles. The number of carbonyl (C=O) groups excluding carboxylic acids is 1. The molecule has 6 heteroatoms. The first-order valence-corrected chi connectivity index (χ1v) is 9.62. The summed E-state index contributed by atoms with van der Waals surface area (Å²) in [5, 5.41) is 7.26. The SMILES string of the molecule is Cc1sc(NC(=O)c2ccon2)nc1C12CC3CC(CC(C3)C1)C2. The molecule has 1 amide bonds. The number of amides is 1. The quantitative estimate of drug-likeness (QED) is 0.908. The predicted octanol–water partition coefficient (Wildman–Crippen LogP) is 4.16. The highest BCUT2D eigenvalue weighted by atomic mass is 32.1. The third-order valence-electron chi connectivity index (χ3n) is 6.23. The fourth-order valence-corrected chi connectivity index (χ4v) is 6.76. The molecule has 4 aliphatic carbocycles. The second-order valence-corrected chi connectivity index (χ2v) is 9.16. The minimum atomic E-state index is -0.255. The molecular formula is C18H21N3O2S. The second-order valence-electron chi connectivity index (χ2n) is 7.96. The van der Waals surface area contributed by atoms with Crippen LogP contribution in [0.4, 0.5) is 5.13 Å². The van der Waals surface area contributed by atoms with Crippen molar-refractivity contribution < 1.29 is 9.32 Å². The topological polar surface area (TPSA) is 68.0 Å². The van der Waals surface area contributed by atoms with Crippen molar-refractivity contribution >= 4 is 22.4 Å². The van der Waals surface area contributed by atoms with E-state index in [0.29, 0.717) is 10.8 Å². The Kier molecular flexibility index (Phi) is 3.14. The number of thiazole rings is 1. The average Bonchev–Trinajstić information content (AvgIpc) is 3.15. The summed E-state index contributed by atoms with van der Waals surface area (Å²) in [5.41, 5.74) is 1.81. The number of anilines is 1. The normalized spacial score (nSPS) is 33.8. The fourth-order valence-electron chi connectivity index (χ4n) is 5.83. The van der Waals surface area contributed by atoms with Gasteiger partial charge in [-0.1, -0.05) is 5.16 Å². The molecule has 24 heavy (non-hydrogen) atoms. The van der Waals surface area contributed by atoms with E-state index in [9.17, 15) is 4.79 Å². The van der Waals surface area contributed by atoms with E-state index >= 15 is 0 Å². The molecule has 0 saturated heterocycles. The van der Waals surface area contributed by atoms with E-state index in [0.717, 1.165) is 17.8 Å². The Labute approximate surface area is 144 Å². The molecule has 0 radical (unpaired) electrons. The number of aryl methyl sites for hydroxylation is 1. The molecule has 0 aliphatic heterocycles. The van der Waals surface area contributed by atoms with E-state index < -0.39 is 0 Å². The van der Waals surface area contributed by atoms with Crippen LogP contribution in [0.5, 0.6) is 0 Å². The summed E-state index contributed by atoms with van der Waals surface area (Å²) in [7, 11) is 0. The van der Waals surface area contributed by atoms with E-state index in [1.165, 1.54) is 55.4 Å². The van der Waals surface area contributed by atoms with Crippen molar-refractivity contribution in [3.05, 3.63) is 28.6 Å². The summed E-state index contributed by atoms with van der Waals surface area (Å²) in [6.07, 6.45) is 9.57. The van der Waals surface area contributed by atoms with Gasteiger partial charge in [-0.05, 0) is 63.2 Å². The van der Waals surface area contributed by atoms with Crippen molar-refractivity contribution in [1.29, 1.82) is 0 Å². The van der Waals surface area contributed by atoms with Gasteiger partial charge in [0.05, 0.1) is 5.69 Å². The lowest BCUT2D eigenvalue weighted by Crippen LogP contribution is -2.49. The van der Waals surface area contributed by atoms with Gasteiger partial charge in [-0.3, -0.25) is 10.1 Å². The highest BCUT2D eigenvalue weighted by molar-refractivity contribution is 7.15. The van der Waals surface area contributed by atoms with Crippen LogP contribution < -0.4 is 5.32 Å². The van der Waals surface area contributed by atoms with Crippen LogP contribution >= 0.6 is 11.3 Å². The zero-order valence-corrected chi connectivity index (χ0v) is 14.6. The van der Waals surface area contributed by atoms with Gasteiger partial charge in [-0.2, -0.15) is 0 Å². The Bertz CT molecular complexity index is 745. The summed E-state index contributed by atoms with van der Waals surface area (Å²) in [5.74, 6) is 2.43. The number of carbonyl (C=O) groups is 1. The maximum absolute atomic E-state index is 12.2. The van der Waals surface area contributed by atoms with Crippen molar-refractivity contribution in [2.45, 2.75) is 50.9 Å². The third kappa shape index (κ3) is 2.23. The van der Waals surface area contributed by atoms with Crippen molar-refractivity contribution in [3.63, 3.8) is 0 Å². The molecule has 0 unspecified atom stereocenters. The average molecular weight is 343 g/mol. The van der Waals surface area contributed by atoms with Crippen LogP contribution in [0.2, 0.25) is 0 Å².